The SMILES string of the molecule is C[C@H]1CC(N2CCC(N(C)C(=O)/C=C/c3ccccn3)C2)=CC=C1NC(=O)Nc1ccc(OC2CCCC2)cc1. The Hall–Kier alpha value is -4.07. The molecule has 1 saturated heterocycles. The van der Waals surface area contributed by atoms with E-state index >= 15 is 0 Å². The van der Waals surface area contributed by atoms with Crippen molar-refractivity contribution in [3.05, 3.63) is 84.0 Å². The number of urea groups is 1. The van der Waals surface area contributed by atoms with Crippen LogP contribution in [0.25, 0.3) is 6.08 Å². The van der Waals surface area contributed by atoms with Crippen molar-refractivity contribution in [1.29, 1.82) is 0 Å². The van der Waals surface area contributed by atoms with E-state index < -0.39 is 0 Å². The summed E-state index contributed by atoms with van der Waals surface area (Å²) in [7, 11) is 1.87. The van der Waals surface area contributed by atoms with E-state index in [1.165, 1.54) is 18.5 Å². The predicted molar refractivity (Wildman–Crippen MR) is 157 cm³/mol. The molecule has 1 unspecified atom stereocenters. The maximum atomic E-state index is 12.7. The number of carbonyl (C=O) groups is 2. The monoisotopic (exact) mass is 541 g/mol. The van der Waals surface area contributed by atoms with E-state index in [1.54, 1.807) is 18.3 Å². The first-order valence-corrected chi connectivity index (χ1v) is 14.3. The van der Waals surface area contributed by atoms with Gasteiger partial charge in [-0.05, 0) is 93.2 Å². The second-order valence-corrected chi connectivity index (χ2v) is 10.9. The molecule has 2 aliphatic carbocycles. The summed E-state index contributed by atoms with van der Waals surface area (Å²) < 4.78 is 6.01. The van der Waals surface area contributed by atoms with Crippen molar-refractivity contribution in [3.63, 3.8) is 0 Å². The summed E-state index contributed by atoms with van der Waals surface area (Å²) in [5.74, 6) is 1.00. The number of likely N-dealkylation sites (tertiary alicyclic amines) is 1. The highest BCUT2D eigenvalue weighted by molar-refractivity contribution is 5.91. The molecule has 3 amide bonds. The minimum absolute atomic E-state index is 0.0168. The van der Waals surface area contributed by atoms with Crippen LogP contribution in [0.5, 0.6) is 5.75 Å². The molecule has 8 heteroatoms. The van der Waals surface area contributed by atoms with E-state index in [9.17, 15) is 9.59 Å². The number of allylic oxidation sites excluding steroid dienone is 4. The largest absolute Gasteiger partial charge is 0.490 e. The van der Waals surface area contributed by atoms with Gasteiger partial charge in [0, 0.05) is 55.4 Å². The van der Waals surface area contributed by atoms with Crippen LogP contribution in [0.2, 0.25) is 0 Å². The lowest BCUT2D eigenvalue weighted by molar-refractivity contribution is -0.126. The van der Waals surface area contributed by atoms with Crippen LogP contribution in [0, 0.1) is 5.92 Å². The Morgan fingerprint density at radius 1 is 1.05 bits per heavy atom. The van der Waals surface area contributed by atoms with Crippen molar-refractivity contribution in [3.8, 4) is 5.75 Å². The first-order valence-electron chi connectivity index (χ1n) is 14.3. The molecule has 1 aromatic carbocycles. The third-order valence-corrected chi connectivity index (χ3v) is 8.03. The van der Waals surface area contributed by atoms with E-state index in [0.29, 0.717) is 6.10 Å². The zero-order chi connectivity index (χ0) is 27.9. The number of hydrogen-bond acceptors (Lipinski definition) is 5. The van der Waals surface area contributed by atoms with E-state index in [1.807, 2.05) is 60.5 Å². The second-order valence-electron chi connectivity index (χ2n) is 10.9. The number of hydrogen-bond donors (Lipinski definition) is 2. The maximum absolute atomic E-state index is 12.7. The lowest BCUT2D eigenvalue weighted by atomic mass is 9.95. The summed E-state index contributed by atoms with van der Waals surface area (Å²) in [6.07, 6.45) is 15.9. The van der Waals surface area contributed by atoms with Gasteiger partial charge >= 0.3 is 6.03 Å². The molecule has 2 aromatic rings. The van der Waals surface area contributed by atoms with Crippen LogP contribution in [0.4, 0.5) is 10.5 Å². The topological polar surface area (TPSA) is 86.8 Å². The minimum Gasteiger partial charge on any atom is -0.490 e. The van der Waals surface area contributed by atoms with Gasteiger partial charge < -0.3 is 25.2 Å². The van der Waals surface area contributed by atoms with Crippen molar-refractivity contribution < 1.29 is 14.3 Å². The van der Waals surface area contributed by atoms with Crippen molar-refractivity contribution in [1.82, 2.24) is 20.1 Å². The van der Waals surface area contributed by atoms with Gasteiger partial charge in [0.25, 0.3) is 0 Å². The van der Waals surface area contributed by atoms with Gasteiger partial charge in [-0.25, -0.2) is 4.79 Å². The van der Waals surface area contributed by atoms with Crippen LogP contribution >= 0.6 is 0 Å². The standard InChI is InChI=1S/C32H39N5O3/c1-23-21-26(37-20-18-27(22-37)36(2)31(38)17-12-24-7-5-6-19-33-24)13-16-30(23)35-32(39)34-25-10-14-29(15-11-25)40-28-8-3-4-9-28/h5-7,10-17,19,23,27-28H,3-4,8-9,18,20-22H2,1-2H3,(H2,34,35,39)/b17-12+/t23-,27?/m0/s1. The molecule has 1 aliphatic heterocycles. The summed E-state index contributed by atoms with van der Waals surface area (Å²) in [6, 6.07) is 13.1. The van der Waals surface area contributed by atoms with Crippen LogP contribution < -0.4 is 15.4 Å². The van der Waals surface area contributed by atoms with Crippen LogP contribution in [-0.4, -0.2) is 59.0 Å². The average Bonchev–Trinajstić information content (AvgIpc) is 3.67. The second kappa shape index (κ2) is 12.9. The fraction of sp³-hybridized carbons (Fsp3) is 0.406. The Labute approximate surface area is 236 Å². The third kappa shape index (κ3) is 7.11. The minimum atomic E-state index is -0.250. The summed E-state index contributed by atoms with van der Waals surface area (Å²) in [4.78, 5) is 33.8. The molecule has 1 aromatic heterocycles. The number of anilines is 1. The molecular weight excluding hydrogens is 502 g/mol. The molecule has 8 nitrogen and oxygen atoms in total. The fourth-order valence-electron chi connectivity index (χ4n) is 5.60. The Balaban J connectivity index is 1.10. The van der Waals surface area contributed by atoms with Crippen LogP contribution in [0.15, 0.2) is 78.3 Å². The van der Waals surface area contributed by atoms with Gasteiger partial charge in [0.2, 0.25) is 5.91 Å². The maximum Gasteiger partial charge on any atom is 0.323 e. The molecule has 40 heavy (non-hydrogen) atoms. The first-order chi connectivity index (χ1) is 19.4. The zero-order valence-corrected chi connectivity index (χ0v) is 23.4. The Kier molecular flexibility index (Phi) is 8.84. The summed E-state index contributed by atoms with van der Waals surface area (Å²) in [6.45, 7) is 3.83. The molecule has 5 rings (SSSR count). The zero-order valence-electron chi connectivity index (χ0n) is 23.4. The lowest BCUT2D eigenvalue weighted by Gasteiger charge is -2.30. The normalized spacial score (nSPS) is 21.2. The quantitative estimate of drug-likeness (QED) is 0.426. The Bertz CT molecular complexity index is 1270. The highest BCUT2D eigenvalue weighted by Gasteiger charge is 2.30. The molecule has 0 radical (unpaired) electrons. The average molecular weight is 542 g/mol. The smallest absolute Gasteiger partial charge is 0.323 e. The van der Waals surface area contributed by atoms with E-state index in [4.69, 9.17) is 4.74 Å². The van der Waals surface area contributed by atoms with Gasteiger partial charge in [0.1, 0.15) is 5.75 Å². The molecule has 210 valence electrons. The number of rotatable bonds is 8. The lowest BCUT2D eigenvalue weighted by Crippen LogP contribution is -2.38. The summed E-state index contributed by atoms with van der Waals surface area (Å²) in [5.41, 5.74) is 3.63. The molecule has 0 bridgehead atoms. The van der Waals surface area contributed by atoms with Crippen molar-refractivity contribution in [2.24, 2.45) is 5.92 Å². The molecular formula is C32H39N5O3. The fourth-order valence-corrected chi connectivity index (χ4v) is 5.60. The number of pyridine rings is 1. The molecule has 2 atom stereocenters. The highest BCUT2D eigenvalue weighted by atomic mass is 16.5. The van der Waals surface area contributed by atoms with Gasteiger partial charge in [-0.15, -0.1) is 0 Å². The van der Waals surface area contributed by atoms with Crippen molar-refractivity contribution >= 4 is 23.7 Å². The number of benzene rings is 1. The summed E-state index contributed by atoms with van der Waals surface area (Å²) >= 11 is 0. The van der Waals surface area contributed by atoms with Gasteiger partial charge in [0.15, 0.2) is 0 Å². The number of carbonyl (C=O) groups excluding carboxylic acids is 2. The third-order valence-electron chi connectivity index (χ3n) is 8.03. The number of nitrogens with zero attached hydrogens (tertiary/aromatic N) is 3. The Morgan fingerprint density at radius 2 is 1.85 bits per heavy atom. The van der Waals surface area contributed by atoms with Gasteiger partial charge in [-0.2, -0.15) is 0 Å². The number of amides is 3. The van der Waals surface area contributed by atoms with Gasteiger partial charge in [0.05, 0.1) is 17.8 Å². The first kappa shape index (κ1) is 27.5. The van der Waals surface area contributed by atoms with E-state index in [0.717, 1.165) is 61.6 Å². The van der Waals surface area contributed by atoms with Gasteiger partial charge in [-0.1, -0.05) is 13.0 Å². The number of likely N-dealkylation sites (N-methyl/N-ethyl adjacent to an activating group) is 1. The summed E-state index contributed by atoms with van der Waals surface area (Å²) in [5, 5.41) is 5.94. The van der Waals surface area contributed by atoms with Crippen LogP contribution in [0.3, 0.4) is 0 Å². The van der Waals surface area contributed by atoms with E-state index in [2.05, 4.69) is 33.5 Å². The van der Waals surface area contributed by atoms with Crippen LogP contribution in [-0.2, 0) is 4.79 Å². The molecule has 0 spiro atoms. The Morgan fingerprint density at radius 3 is 2.58 bits per heavy atom. The highest BCUT2D eigenvalue weighted by Crippen LogP contribution is 2.29. The van der Waals surface area contributed by atoms with Crippen molar-refractivity contribution in [2.75, 3.05) is 25.5 Å². The number of ether oxygens (including phenoxy) is 1. The molecule has 1 saturated carbocycles. The molecule has 2 heterocycles. The van der Waals surface area contributed by atoms with Gasteiger partial charge in [-0.3, -0.25) is 9.78 Å². The number of nitrogens with one attached hydrogen (secondary N) is 2. The molecule has 2 N–H and O–H groups in total. The van der Waals surface area contributed by atoms with E-state index in [-0.39, 0.29) is 23.9 Å². The van der Waals surface area contributed by atoms with Crippen LogP contribution in [0.1, 0.15) is 51.1 Å². The van der Waals surface area contributed by atoms with Crippen molar-refractivity contribution in [2.45, 2.75) is 57.6 Å². The number of aromatic nitrogens is 1. The molecule has 3 aliphatic rings. The predicted octanol–water partition coefficient (Wildman–Crippen LogP) is 5.58. The molecule has 2 fully saturated rings.